The van der Waals surface area contributed by atoms with Crippen LogP contribution in [0.4, 0.5) is 10.5 Å². The van der Waals surface area contributed by atoms with Gasteiger partial charge in [-0.2, -0.15) is 0 Å². The molecule has 1 fully saturated rings. The molecule has 1 saturated heterocycles. The quantitative estimate of drug-likeness (QED) is 0.364. The van der Waals surface area contributed by atoms with Crippen LogP contribution in [-0.4, -0.2) is 73.0 Å². The van der Waals surface area contributed by atoms with Gasteiger partial charge in [-0.1, -0.05) is 72.3 Å². The number of hydrogen-bond acceptors (Lipinski definition) is 4. The number of urea groups is 1. The van der Waals surface area contributed by atoms with Crippen LogP contribution in [0, 0.1) is 6.42 Å². The SMILES string of the molecule is CN(CCN(Cc1ccccc1)Cc1ccccc1N1CCCN(C(=O)[CH]Cc2ccc(Cl)cc2)CC1)C(N)=O. The van der Waals surface area contributed by atoms with E-state index in [0.29, 0.717) is 31.1 Å². The number of para-hydroxylation sites is 1. The summed E-state index contributed by atoms with van der Waals surface area (Å²) in [5, 5.41) is 0.698. The normalized spacial score (nSPS) is 13.8. The largest absolute Gasteiger partial charge is 0.369 e. The van der Waals surface area contributed by atoms with E-state index in [1.165, 1.54) is 16.8 Å². The average molecular weight is 561 g/mol. The van der Waals surface area contributed by atoms with Crippen molar-refractivity contribution in [3.05, 3.63) is 107 Å². The van der Waals surface area contributed by atoms with Crippen LogP contribution in [-0.2, 0) is 24.3 Å². The van der Waals surface area contributed by atoms with E-state index in [1.807, 2.05) is 47.4 Å². The second-order valence-electron chi connectivity index (χ2n) is 10.3. The molecule has 0 aliphatic carbocycles. The second-order valence-corrected chi connectivity index (χ2v) is 10.7. The maximum Gasteiger partial charge on any atom is 0.314 e. The lowest BCUT2D eigenvalue weighted by Crippen LogP contribution is -2.39. The number of hydrogen-bond donors (Lipinski definition) is 1. The van der Waals surface area contributed by atoms with Gasteiger partial charge in [0.1, 0.15) is 0 Å². The third-order valence-electron chi connectivity index (χ3n) is 7.34. The number of primary amides is 1. The molecule has 211 valence electrons. The standard InChI is InChI=1S/C32H39ClN5O2/c1-35(32(34)40)20-21-36(24-27-8-3-2-4-9-27)25-28-10-5-6-11-30(28)37-18-7-19-38(23-22-37)31(39)17-14-26-12-15-29(33)16-13-26/h2-6,8-13,15-17H,7,14,18-25H2,1H3,(H2,34,40). The van der Waals surface area contributed by atoms with Gasteiger partial charge in [-0.25, -0.2) is 4.79 Å². The van der Waals surface area contributed by atoms with E-state index < -0.39 is 6.03 Å². The first-order valence-corrected chi connectivity index (χ1v) is 14.2. The molecule has 0 saturated carbocycles. The van der Waals surface area contributed by atoms with Crippen molar-refractivity contribution in [2.45, 2.75) is 25.9 Å². The molecule has 0 bridgehead atoms. The Balaban J connectivity index is 1.40. The molecule has 0 atom stereocenters. The Morgan fingerprint density at radius 3 is 2.33 bits per heavy atom. The second kappa shape index (κ2) is 14.7. The van der Waals surface area contributed by atoms with Gasteiger partial charge in [0.15, 0.2) is 0 Å². The topological polar surface area (TPSA) is 73.1 Å². The summed E-state index contributed by atoms with van der Waals surface area (Å²) in [5.74, 6) is 0.0812. The summed E-state index contributed by atoms with van der Waals surface area (Å²) in [6, 6.07) is 26.1. The highest BCUT2D eigenvalue weighted by molar-refractivity contribution is 6.30. The molecule has 3 aromatic rings. The van der Waals surface area contributed by atoms with Gasteiger partial charge in [0.25, 0.3) is 0 Å². The summed E-state index contributed by atoms with van der Waals surface area (Å²) >= 11 is 5.98. The van der Waals surface area contributed by atoms with Crippen LogP contribution in [0.2, 0.25) is 5.02 Å². The summed E-state index contributed by atoms with van der Waals surface area (Å²) in [6.45, 7) is 5.86. The molecule has 40 heavy (non-hydrogen) atoms. The first kappa shape index (κ1) is 29.4. The molecule has 3 aromatic carbocycles. The smallest absolute Gasteiger partial charge is 0.314 e. The van der Waals surface area contributed by atoms with E-state index in [4.69, 9.17) is 17.3 Å². The van der Waals surface area contributed by atoms with Gasteiger partial charge in [0.05, 0.1) is 6.42 Å². The lowest BCUT2D eigenvalue weighted by molar-refractivity contribution is -0.127. The van der Waals surface area contributed by atoms with Crippen molar-refractivity contribution in [1.82, 2.24) is 14.7 Å². The van der Waals surface area contributed by atoms with Gasteiger partial charge < -0.3 is 20.4 Å². The fraction of sp³-hybridized carbons (Fsp3) is 0.344. The number of carbonyl (C=O) groups is 2. The fourth-order valence-electron chi connectivity index (χ4n) is 4.98. The van der Waals surface area contributed by atoms with Crippen LogP contribution < -0.4 is 10.6 Å². The highest BCUT2D eigenvalue weighted by atomic mass is 35.5. The minimum Gasteiger partial charge on any atom is -0.369 e. The molecule has 4 rings (SSSR count). The molecule has 1 aliphatic heterocycles. The van der Waals surface area contributed by atoms with Crippen molar-refractivity contribution in [2.75, 3.05) is 51.2 Å². The zero-order chi connectivity index (χ0) is 28.3. The van der Waals surface area contributed by atoms with Crippen molar-refractivity contribution in [2.24, 2.45) is 5.73 Å². The molecule has 7 nitrogen and oxygen atoms in total. The molecular formula is C32H39ClN5O2. The number of anilines is 1. The Kier molecular flexibility index (Phi) is 10.8. The predicted octanol–water partition coefficient (Wildman–Crippen LogP) is 4.84. The Hall–Kier alpha value is -3.55. The van der Waals surface area contributed by atoms with Gasteiger partial charge in [0.2, 0.25) is 5.91 Å². The monoisotopic (exact) mass is 560 g/mol. The maximum absolute atomic E-state index is 13.0. The first-order valence-electron chi connectivity index (χ1n) is 13.9. The average Bonchev–Trinajstić information content (AvgIpc) is 3.22. The summed E-state index contributed by atoms with van der Waals surface area (Å²) in [4.78, 5) is 32.8. The minimum absolute atomic E-state index is 0.0812. The van der Waals surface area contributed by atoms with Gasteiger partial charge >= 0.3 is 6.03 Å². The number of nitrogens with two attached hydrogens (primary N) is 1. The van der Waals surface area contributed by atoms with Crippen molar-refractivity contribution in [3.63, 3.8) is 0 Å². The fourth-order valence-corrected chi connectivity index (χ4v) is 5.11. The molecule has 1 heterocycles. The van der Waals surface area contributed by atoms with Crippen LogP contribution in [0.5, 0.6) is 0 Å². The Labute approximate surface area is 243 Å². The van der Waals surface area contributed by atoms with E-state index in [9.17, 15) is 9.59 Å². The first-order chi connectivity index (χ1) is 19.4. The maximum atomic E-state index is 13.0. The molecule has 1 aliphatic rings. The van der Waals surface area contributed by atoms with Crippen LogP contribution in [0.25, 0.3) is 0 Å². The van der Waals surface area contributed by atoms with E-state index >= 15 is 0 Å². The highest BCUT2D eigenvalue weighted by Gasteiger charge is 2.21. The third-order valence-corrected chi connectivity index (χ3v) is 7.59. The number of likely N-dealkylation sites (N-methyl/N-ethyl adjacent to an activating group) is 1. The van der Waals surface area contributed by atoms with E-state index in [-0.39, 0.29) is 5.91 Å². The molecule has 8 heteroatoms. The summed E-state index contributed by atoms with van der Waals surface area (Å²) < 4.78 is 0. The van der Waals surface area contributed by atoms with E-state index in [0.717, 1.165) is 44.7 Å². The molecule has 3 amide bonds. The van der Waals surface area contributed by atoms with Crippen LogP contribution in [0.1, 0.15) is 23.1 Å². The molecule has 0 aromatic heterocycles. The van der Waals surface area contributed by atoms with E-state index in [2.05, 4.69) is 46.2 Å². The van der Waals surface area contributed by atoms with Gasteiger partial charge in [0, 0.05) is 70.1 Å². The van der Waals surface area contributed by atoms with Gasteiger partial charge in [-0.05, 0) is 47.7 Å². The minimum atomic E-state index is -0.422. The predicted molar refractivity (Wildman–Crippen MR) is 162 cm³/mol. The highest BCUT2D eigenvalue weighted by Crippen LogP contribution is 2.24. The van der Waals surface area contributed by atoms with Crippen molar-refractivity contribution < 1.29 is 9.59 Å². The zero-order valence-corrected chi connectivity index (χ0v) is 24.0. The van der Waals surface area contributed by atoms with Gasteiger partial charge in [-0.15, -0.1) is 0 Å². The molecule has 0 spiro atoms. The molecule has 0 unspecified atom stereocenters. The number of amides is 3. The van der Waals surface area contributed by atoms with Crippen LogP contribution in [0.3, 0.4) is 0 Å². The van der Waals surface area contributed by atoms with Crippen LogP contribution in [0.15, 0.2) is 78.9 Å². The number of carbonyl (C=O) groups excluding carboxylic acids is 2. The number of halogens is 1. The lowest BCUT2D eigenvalue weighted by atomic mass is 10.1. The molecule has 2 N–H and O–H groups in total. The Morgan fingerprint density at radius 2 is 1.57 bits per heavy atom. The number of rotatable bonds is 11. The summed E-state index contributed by atoms with van der Waals surface area (Å²) in [7, 11) is 1.73. The zero-order valence-electron chi connectivity index (χ0n) is 23.2. The van der Waals surface area contributed by atoms with E-state index in [1.54, 1.807) is 18.4 Å². The van der Waals surface area contributed by atoms with Crippen molar-refractivity contribution in [1.29, 1.82) is 0 Å². The number of nitrogens with zero attached hydrogens (tertiary/aromatic N) is 4. The van der Waals surface area contributed by atoms with Crippen LogP contribution >= 0.6 is 11.6 Å². The summed E-state index contributed by atoms with van der Waals surface area (Å²) in [6.07, 6.45) is 3.28. The van der Waals surface area contributed by atoms with Gasteiger partial charge in [-0.3, -0.25) is 9.69 Å². The lowest BCUT2D eigenvalue weighted by Gasteiger charge is -2.29. The Bertz CT molecular complexity index is 1240. The Morgan fingerprint density at radius 1 is 0.850 bits per heavy atom. The summed E-state index contributed by atoms with van der Waals surface area (Å²) in [5.41, 5.74) is 10.2. The van der Waals surface area contributed by atoms with Crippen molar-refractivity contribution >= 4 is 29.2 Å². The molecule has 1 radical (unpaired) electrons. The molecular weight excluding hydrogens is 522 g/mol. The third kappa shape index (κ3) is 8.73. The number of benzene rings is 3. The van der Waals surface area contributed by atoms with Crippen molar-refractivity contribution in [3.8, 4) is 0 Å².